The first-order chi connectivity index (χ1) is 26.7. The number of hydrogen-bond acceptors (Lipinski definition) is 6. The molecule has 0 aliphatic rings. The van der Waals surface area contributed by atoms with Gasteiger partial charge in [0.25, 0.3) is 0 Å². The number of hydrogen-bond donors (Lipinski definition) is 0. The molecule has 0 spiro atoms. The van der Waals surface area contributed by atoms with Crippen LogP contribution in [-0.2, 0) is 0 Å². The number of rotatable bonds is 5. The van der Waals surface area contributed by atoms with Gasteiger partial charge in [-0.25, -0.2) is 19.9 Å². The first-order valence-electron chi connectivity index (χ1n) is 17.9. The average Bonchev–Trinajstić information content (AvgIpc) is 3.84. The van der Waals surface area contributed by atoms with Gasteiger partial charge < -0.3 is 0 Å². The summed E-state index contributed by atoms with van der Waals surface area (Å²) in [6.07, 6.45) is 0. The molecule has 0 aliphatic heterocycles. The second-order valence-electron chi connectivity index (χ2n) is 13.5. The number of fused-ring (bicyclic) bond motifs is 6. The summed E-state index contributed by atoms with van der Waals surface area (Å²) in [6.45, 7) is 0. The van der Waals surface area contributed by atoms with Crippen molar-refractivity contribution in [2.75, 3.05) is 0 Å². The molecule has 8 aromatic carbocycles. The van der Waals surface area contributed by atoms with Gasteiger partial charge in [-0.15, -0.1) is 22.7 Å². The number of benzene rings is 8. The van der Waals surface area contributed by atoms with Crippen molar-refractivity contribution in [1.82, 2.24) is 19.9 Å². The van der Waals surface area contributed by atoms with Crippen LogP contribution in [0.15, 0.2) is 170 Å². The van der Waals surface area contributed by atoms with Gasteiger partial charge in [0.2, 0.25) is 0 Å². The zero-order chi connectivity index (χ0) is 35.6. The zero-order valence-corrected chi connectivity index (χ0v) is 30.4. The summed E-state index contributed by atoms with van der Waals surface area (Å²) >= 11 is 3.61. The van der Waals surface area contributed by atoms with Crippen LogP contribution in [0.5, 0.6) is 0 Å². The van der Waals surface area contributed by atoms with E-state index in [-0.39, 0.29) is 0 Å². The molecule has 0 radical (unpaired) electrons. The van der Waals surface area contributed by atoms with Gasteiger partial charge in [0.05, 0.1) is 10.2 Å². The molecule has 54 heavy (non-hydrogen) atoms. The Balaban J connectivity index is 1.11. The fraction of sp³-hybridized carbons (Fsp3) is 0. The van der Waals surface area contributed by atoms with E-state index in [1.165, 1.54) is 41.2 Å². The molecule has 0 bridgehead atoms. The maximum absolute atomic E-state index is 5.28. The fourth-order valence-electron chi connectivity index (χ4n) is 7.47. The summed E-state index contributed by atoms with van der Waals surface area (Å²) in [5, 5.41) is 8.31. The van der Waals surface area contributed by atoms with Crippen molar-refractivity contribution in [2.45, 2.75) is 0 Å². The molecule has 11 rings (SSSR count). The lowest BCUT2D eigenvalue weighted by Gasteiger charge is -2.11. The molecule has 0 N–H and O–H groups in total. The van der Waals surface area contributed by atoms with Gasteiger partial charge in [0.1, 0.15) is 5.01 Å². The molecular weight excluding hydrogens is 697 g/mol. The van der Waals surface area contributed by atoms with E-state index in [1.54, 1.807) is 11.3 Å². The summed E-state index contributed by atoms with van der Waals surface area (Å²) in [6, 6.07) is 59.8. The lowest BCUT2D eigenvalue weighted by atomic mass is 9.96. The molecule has 0 saturated carbocycles. The highest BCUT2D eigenvalue weighted by Crippen LogP contribution is 2.47. The number of thiazole rings is 1. The molecular formula is C48H28N4S2. The molecule has 0 fully saturated rings. The Hall–Kier alpha value is -6.60. The van der Waals surface area contributed by atoms with Crippen LogP contribution in [0.25, 0.3) is 108 Å². The van der Waals surface area contributed by atoms with Crippen LogP contribution in [0.1, 0.15) is 0 Å². The first kappa shape index (κ1) is 31.0. The predicted octanol–water partition coefficient (Wildman–Crippen LogP) is 13.5. The lowest BCUT2D eigenvalue weighted by molar-refractivity contribution is 1.07. The molecule has 3 aromatic heterocycles. The van der Waals surface area contributed by atoms with Crippen LogP contribution in [-0.4, -0.2) is 19.9 Å². The summed E-state index contributed by atoms with van der Waals surface area (Å²) in [5.74, 6) is 1.95. The fourth-order valence-corrected chi connectivity index (χ4v) is 9.73. The minimum absolute atomic E-state index is 0.644. The Kier molecular flexibility index (Phi) is 7.18. The molecule has 0 aliphatic carbocycles. The smallest absolute Gasteiger partial charge is 0.164 e. The lowest BCUT2D eigenvalue weighted by Crippen LogP contribution is -2.00. The monoisotopic (exact) mass is 724 g/mol. The quantitative estimate of drug-likeness (QED) is 0.177. The van der Waals surface area contributed by atoms with Crippen LogP contribution < -0.4 is 0 Å². The number of nitrogens with zero attached hydrogens (tertiary/aromatic N) is 4. The predicted molar refractivity (Wildman–Crippen MR) is 228 cm³/mol. The van der Waals surface area contributed by atoms with E-state index < -0.39 is 0 Å². The van der Waals surface area contributed by atoms with Crippen LogP contribution >= 0.6 is 22.7 Å². The Labute approximate surface area is 318 Å². The van der Waals surface area contributed by atoms with Crippen LogP contribution in [0, 0.1) is 0 Å². The summed E-state index contributed by atoms with van der Waals surface area (Å²) in [5.41, 5.74) is 7.41. The highest BCUT2D eigenvalue weighted by molar-refractivity contribution is 7.26. The van der Waals surface area contributed by atoms with Gasteiger partial charge >= 0.3 is 0 Å². The summed E-state index contributed by atoms with van der Waals surface area (Å²) in [7, 11) is 0. The van der Waals surface area contributed by atoms with Gasteiger partial charge in [0, 0.05) is 48.0 Å². The van der Waals surface area contributed by atoms with Crippen molar-refractivity contribution >= 4 is 74.6 Å². The molecule has 4 nitrogen and oxygen atoms in total. The van der Waals surface area contributed by atoms with Crippen molar-refractivity contribution in [3.8, 4) is 55.9 Å². The largest absolute Gasteiger partial charge is 0.236 e. The molecule has 6 heteroatoms. The maximum atomic E-state index is 5.28. The van der Waals surface area contributed by atoms with Gasteiger partial charge in [-0.2, -0.15) is 0 Å². The Morgan fingerprint density at radius 1 is 0.352 bits per heavy atom. The molecule has 0 atom stereocenters. The van der Waals surface area contributed by atoms with Crippen LogP contribution in [0.2, 0.25) is 0 Å². The Morgan fingerprint density at radius 2 is 0.907 bits per heavy atom. The number of thiophene rings is 1. The highest BCUT2D eigenvalue weighted by Gasteiger charge is 2.20. The summed E-state index contributed by atoms with van der Waals surface area (Å²) < 4.78 is 3.72. The van der Waals surface area contributed by atoms with E-state index in [0.717, 1.165) is 49.1 Å². The van der Waals surface area contributed by atoms with Crippen molar-refractivity contribution in [3.63, 3.8) is 0 Å². The molecule has 3 heterocycles. The third-order valence-corrected chi connectivity index (χ3v) is 12.4. The highest BCUT2D eigenvalue weighted by atomic mass is 32.1. The second kappa shape index (κ2) is 12.5. The van der Waals surface area contributed by atoms with Gasteiger partial charge in [-0.1, -0.05) is 140 Å². The van der Waals surface area contributed by atoms with Gasteiger partial charge in [-0.3, -0.25) is 0 Å². The minimum Gasteiger partial charge on any atom is -0.236 e. The van der Waals surface area contributed by atoms with E-state index >= 15 is 0 Å². The normalized spacial score (nSPS) is 11.7. The Bertz CT molecular complexity index is 3160. The molecule has 0 unspecified atom stereocenters. The minimum atomic E-state index is 0.644. The van der Waals surface area contributed by atoms with Gasteiger partial charge in [0.15, 0.2) is 17.5 Å². The molecule has 252 valence electrons. The third kappa shape index (κ3) is 5.26. The zero-order valence-electron chi connectivity index (χ0n) is 28.8. The van der Waals surface area contributed by atoms with Crippen molar-refractivity contribution < 1.29 is 0 Å². The van der Waals surface area contributed by atoms with E-state index in [0.29, 0.717) is 17.5 Å². The van der Waals surface area contributed by atoms with E-state index in [1.807, 2.05) is 72.0 Å². The number of aromatic nitrogens is 4. The van der Waals surface area contributed by atoms with E-state index in [9.17, 15) is 0 Å². The second-order valence-corrected chi connectivity index (χ2v) is 15.5. The Morgan fingerprint density at radius 3 is 1.65 bits per heavy atom. The first-order valence-corrected chi connectivity index (χ1v) is 19.5. The maximum Gasteiger partial charge on any atom is 0.164 e. The molecule has 0 saturated heterocycles. The molecule has 0 amide bonds. The van der Waals surface area contributed by atoms with Crippen LogP contribution in [0.3, 0.4) is 0 Å². The van der Waals surface area contributed by atoms with Gasteiger partial charge in [-0.05, 0) is 57.4 Å². The van der Waals surface area contributed by atoms with E-state index in [2.05, 4.69) is 109 Å². The van der Waals surface area contributed by atoms with Crippen molar-refractivity contribution in [1.29, 1.82) is 0 Å². The van der Waals surface area contributed by atoms with E-state index in [4.69, 9.17) is 19.9 Å². The standard InChI is InChI=1S/C48H28N4S2/c1-3-12-31(13-4-1)45-50-46(32-14-5-2-6-15-32)52-47(51-45)35-23-20-30-19-22-34(26-37(30)27-35)42-43-38-17-9-10-18-40(38)53-41(43)28-39-44(42)54-48(49-39)36-24-21-29-11-7-8-16-33(29)25-36/h1-28H. The SMILES string of the molecule is c1ccc(-c2nc(-c3ccccc3)nc(-c3ccc4ccc(-c5c6sc(-c7ccc8ccccc8c7)nc6cc6sc7ccccc7c56)cc4c3)n2)cc1. The molecule has 11 aromatic rings. The van der Waals surface area contributed by atoms with Crippen molar-refractivity contribution in [3.05, 3.63) is 170 Å². The summed E-state index contributed by atoms with van der Waals surface area (Å²) in [4.78, 5) is 20.2. The van der Waals surface area contributed by atoms with Crippen LogP contribution in [0.4, 0.5) is 0 Å². The topological polar surface area (TPSA) is 51.6 Å². The van der Waals surface area contributed by atoms with Crippen molar-refractivity contribution in [2.24, 2.45) is 0 Å². The average molecular weight is 725 g/mol. The third-order valence-electron chi connectivity index (χ3n) is 10.1.